The van der Waals surface area contributed by atoms with Crippen molar-refractivity contribution in [3.63, 3.8) is 0 Å². The standard InChI is InChI=1S/C14H23NO2S3/c1-11(10-20(2,16)17)7-18-8-13-9-19-14(15-13)12-5-3-4-6-12/h9,11-12H,3-8,10H2,1-2H3/t11-/m1/s1. The molecule has 114 valence electrons. The predicted octanol–water partition coefficient (Wildman–Crippen LogP) is 3.71. The Bertz CT molecular complexity index is 518. The maximum absolute atomic E-state index is 11.2. The summed E-state index contributed by atoms with van der Waals surface area (Å²) in [6.45, 7) is 2.00. The van der Waals surface area contributed by atoms with E-state index in [4.69, 9.17) is 4.98 Å². The molecular weight excluding hydrogens is 310 g/mol. The molecule has 1 aliphatic rings. The van der Waals surface area contributed by atoms with Crippen LogP contribution >= 0.6 is 23.1 Å². The minimum absolute atomic E-state index is 0.211. The quantitative estimate of drug-likeness (QED) is 0.763. The van der Waals surface area contributed by atoms with Gasteiger partial charge in [0.15, 0.2) is 0 Å². The molecule has 0 amide bonds. The van der Waals surface area contributed by atoms with Gasteiger partial charge in [0.1, 0.15) is 9.84 Å². The number of sulfone groups is 1. The first-order valence-electron chi connectivity index (χ1n) is 7.14. The molecule has 0 N–H and O–H groups in total. The Morgan fingerprint density at radius 2 is 2.15 bits per heavy atom. The molecule has 0 radical (unpaired) electrons. The van der Waals surface area contributed by atoms with Crippen molar-refractivity contribution in [3.8, 4) is 0 Å². The minimum atomic E-state index is -2.85. The summed E-state index contributed by atoms with van der Waals surface area (Å²) in [5, 5.41) is 3.48. The Morgan fingerprint density at radius 1 is 1.45 bits per heavy atom. The lowest BCUT2D eigenvalue weighted by atomic mass is 10.1. The fourth-order valence-electron chi connectivity index (χ4n) is 2.68. The van der Waals surface area contributed by atoms with E-state index in [1.54, 1.807) is 23.1 Å². The number of rotatable bonds is 7. The van der Waals surface area contributed by atoms with Crippen molar-refractivity contribution in [1.29, 1.82) is 0 Å². The molecule has 1 aromatic heterocycles. The highest BCUT2D eigenvalue weighted by Crippen LogP contribution is 2.36. The number of hydrogen-bond donors (Lipinski definition) is 0. The third-order valence-corrected chi connectivity index (χ3v) is 7.05. The van der Waals surface area contributed by atoms with Gasteiger partial charge < -0.3 is 0 Å². The summed E-state index contributed by atoms with van der Waals surface area (Å²) in [6, 6.07) is 0. The maximum Gasteiger partial charge on any atom is 0.147 e. The fraction of sp³-hybridized carbons (Fsp3) is 0.786. The van der Waals surface area contributed by atoms with Crippen LogP contribution in [0.3, 0.4) is 0 Å². The van der Waals surface area contributed by atoms with E-state index >= 15 is 0 Å². The van der Waals surface area contributed by atoms with E-state index in [-0.39, 0.29) is 11.7 Å². The molecule has 1 saturated carbocycles. The van der Waals surface area contributed by atoms with Gasteiger partial charge in [-0.1, -0.05) is 19.8 Å². The van der Waals surface area contributed by atoms with E-state index in [0.717, 1.165) is 17.2 Å². The summed E-state index contributed by atoms with van der Waals surface area (Å²) < 4.78 is 22.4. The lowest BCUT2D eigenvalue weighted by molar-refractivity contribution is 0.589. The minimum Gasteiger partial charge on any atom is -0.245 e. The number of nitrogens with zero attached hydrogens (tertiary/aromatic N) is 1. The molecule has 1 fully saturated rings. The number of aromatic nitrogens is 1. The Kier molecular flexibility index (Phi) is 5.93. The van der Waals surface area contributed by atoms with Crippen LogP contribution in [0.5, 0.6) is 0 Å². The second kappa shape index (κ2) is 7.27. The molecule has 1 aromatic rings. The average molecular weight is 334 g/mol. The fourth-order valence-corrected chi connectivity index (χ4v) is 6.07. The third kappa shape index (κ3) is 5.37. The average Bonchev–Trinajstić information content (AvgIpc) is 2.96. The summed E-state index contributed by atoms with van der Waals surface area (Å²) in [5.74, 6) is 2.97. The molecule has 6 heteroatoms. The molecule has 0 spiro atoms. The highest BCUT2D eigenvalue weighted by molar-refractivity contribution is 7.98. The topological polar surface area (TPSA) is 47.0 Å². The normalized spacial score (nSPS) is 18.5. The van der Waals surface area contributed by atoms with Crippen molar-refractivity contribution in [2.45, 2.75) is 44.3 Å². The second-order valence-corrected chi connectivity index (χ2v) is 9.98. The molecule has 0 bridgehead atoms. The molecule has 0 aromatic carbocycles. The molecule has 0 saturated heterocycles. The molecule has 20 heavy (non-hydrogen) atoms. The van der Waals surface area contributed by atoms with Gasteiger partial charge >= 0.3 is 0 Å². The smallest absolute Gasteiger partial charge is 0.147 e. The van der Waals surface area contributed by atoms with Gasteiger partial charge in [0.2, 0.25) is 0 Å². The van der Waals surface area contributed by atoms with E-state index in [2.05, 4.69) is 5.38 Å². The second-order valence-electron chi connectivity index (χ2n) is 5.87. The van der Waals surface area contributed by atoms with Crippen LogP contribution in [-0.2, 0) is 15.6 Å². The van der Waals surface area contributed by atoms with Crippen molar-refractivity contribution in [3.05, 3.63) is 16.1 Å². The Hall–Kier alpha value is -0.0700. The predicted molar refractivity (Wildman–Crippen MR) is 88.4 cm³/mol. The summed E-state index contributed by atoms with van der Waals surface area (Å²) in [6.07, 6.45) is 6.59. The highest BCUT2D eigenvalue weighted by Gasteiger charge is 2.20. The first kappa shape index (κ1) is 16.3. The van der Waals surface area contributed by atoms with Crippen molar-refractivity contribution in [2.24, 2.45) is 5.92 Å². The zero-order valence-corrected chi connectivity index (χ0v) is 14.6. The Labute approximate surface area is 130 Å². The van der Waals surface area contributed by atoms with Gasteiger partial charge in [0.25, 0.3) is 0 Å². The van der Waals surface area contributed by atoms with Crippen LogP contribution < -0.4 is 0 Å². The van der Waals surface area contributed by atoms with Crippen molar-refractivity contribution < 1.29 is 8.42 Å². The molecule has 1 aliphatic carbocycles. The molecule has 0 aliphatic heterocycles. The Balaban J connectivity index is 1.74. The molecule has 2 rings (SSSR count). The molecule has 1 heterocycles. The zero-order chi connectivity index (χ0) is 14.6. The van der Waals surface area contributed by atoms with Crippen LogP contribution in [0.15, 0.2) is 5.38 Å². The van der Waals surface area contributed by atoms with Gasteiger partial charge in [-0.15, -0.1) is 11.3 Å². The number of thiazole rings is 1. The van der Waals surface area contributed by atoms with Gasteiger partial charge in [-0.25, -0.2) is 13.4 Å². The summed E-state index contributed by atoms with van der Waals surface area (Å²) in [4.78, 5) is 4.74. The van der Waals surface area contributed by atoms with Crippen molar-refractivity contribution in [1.82, 2.24) is 4.98 Å². The van der Waals surface area contributed by atoms with Gasteiger partial charge in [0.05, 0.1) is 16.5 Å². The van der Waals surface area contributed by atoms with Crippen LogP contribution in [0, 0.1) is 5.92 Å². The molecule has 3 nitrogen and oxygen atoms in total. The SMILES string of the molecule is C[C@H](CSCc1csc(C2CCCC2)n1)CS(C)(=O)=O. The zero-order valence-electron chi connectivity index (χ0n) is 12.2. The van der Waals surface area contributed by atoms with Gasteiger partial charge in [0, 0.05) is 23.3 Å². The van der Waals surface area contributed by atoms with E-state index in [9.17, 15) is 8.42 Å². The monoisotopic (exact) mass is 333 g/mol. The lowest BCUT2D eigenvalue weighted by Crippen LogP contribution is -2.13. The molecular formula is C14H23NO2S3. The van der Waals surface area contributed by atoms with Crippen LogP contribution in [0.4, 0.5) is 0 Å². The van der Waals surface area contributed by atoms with Crippen molar-refractivity contribution in [2.75, 3.05) is 17.8 Å². The van der Waals surface area contributed by atoms with Crippen LogP contribution in [0.2, 0.25) is 0 Å². The van der Waals surface area contributed by atoms with Gasteiger partial charge in [-0.2, -0.15) is 11.8 Å². The summed E-state index contributed by atoms with van der Waals surface area (Å²) >= 11 is 3.59. The third-order valence-electron chi connectivity index (χ3n) is 3.51. The molecule has 0 unspecified atom stereocenters. The van der Waals surface area contributed by atoms with E-state index in [1.807, 2.05) is 6.92 Å². The maximum atomic E-state index is 11.2. The number of hydrogen-bond acceptors (Lipinski definition) is 5. The van der Waals surface area contributed by atoms with E-state index < -0.39 is 9.84 Å². The van der Waals surface area contributed by atoms with Crippen LogP contribution in [0.25, 0.3) is 0 Å². The number of thioether (sulfide) groups is 1. The van der Waals surface area contributed by atoms with Crippen LogP contribution in [-0.4, -0.2) is 31.2 Å². The van der Waals surface area contributed by atoms with Crippen LogP contribution in [0.1, 0.15) is 49.2 Å². The largest absolute Gasteiger partial charge is 0.245 e. The van der Waals surface area contributed by atoms with E-state index in [1.165, 1.54) is 36.9 Å². The van der Waals surface area contributed by atoms with Gasteiger partial charge in [-0.05, 0) is 24.5 Å². The van der Waals surface area contributed by atoms with Gasteiger partial charge in [-0.3, -0.25) is 0 Å². The first-order valence-corrected chi connectivity index (χ1v) is 11.2. The summed E-state index contributed by atoms with van der Waals surface area (Å²) in [7, 11) is -2.85. The summed E-state index contributed by atoms with van der Waals surface area (Å²) in [5.41, 5.74) is 1.16. The molecule has 1 atom stereocenters. The Morgan fingerprint density at radius 3 is 2.80 bits per heavy atom. The van der Waals surface area contributed by atoms with E-state index in [0.29, 0.717) is 5.92 Å². The lowest BCUT2D eigenvalue weighted by Gasteiger charge is -2.08. The highest BCUT2D eigenvalue weighted by atomic mass is 32.2. The van der Waals surface area contributed by atoms with Crippen molar-refractivity contribution >= 4 is 32.9 Å². The first-order chi connectivity index (χ1) is 9.44.